The van der Waals surface area contributed by atoms with Crippen molar-refractivity contribution >= 4 is 0 Å². The van der Waals surface area contributed by atoms with Crippen molar-refractivity contribution in [2.45, 2.75) is 33.4 Å². The molecule has 0 saturated heterocycles. The van der Waals surface area contributed by atoms with Gasteiger partial charge in [-0.3, -0.25) is 0 Å². The van der Waals surface area contributed by atoms with Crippen LogP contribution in [0.3, 0.4) is 0 Å². The summed E-state index contributed by atoms with van der Waals surface area (Å²) in [6, 6.07) is 5.95. The van der Waals surface area contributed by atoms with Crippen LogP contribution in [0, 0.1) is 6.92 Å². The van der Waals surface area contributed by atoms with Gasteiger partial charge in [0.25, 0.3) is 0 Å². The molecule has 2 aromatic heterocycles. The summed E-state index contributed by atoms with van der Waals surface area (Å²) < 4.78 is 5.60. The summed E-state index contributed by atoms with van der Waals surface area (Å²) in [6.07, 6.45) is 2.71. The van der Waals surface area contributed by atoms with Crippen LogP contribution in [0.5, 0.6) is 0 Å². The molecule has 1 N–H and O–H groups in total. The van der Waals surface area contributed by atoms with E-state index in [0.29, 0.717) is 0 Å². The molecule has 0 aliphatic heterocycles. The van der Waals surface area contributed by atoms with Crippen molar-refractivity contribution in [2.75, 3.05) is 0 Å². The van der Waals surface area contributed by atoms with Crippen LogP contribution in [0.15, 0.2) is 28.8 Å². The quantitative estimate of drug-likeness (QED) is 0.857. The van der Waals surface area contributed by atoms with Crippen molar-refractivity contribution < 1.29 is 4.42 Å². The number of nitrogens with zero attached hydrogens (tertiary/aromatic N) is 2. The summed E-state index contributed by atoms with van der Waals surface area (Å²) in [5.41, 5.74) is 1.000. The average Bonchev–Trinajstić information content (AvgIpc) is 2.77. The molecule has 0 aliphatic carbocycles. The monoisotopic (exact) mass is 231 g/mol. The molecular formula is C13H17N3O. The van der Waals surface area contributed by atoms with Gasteiger partial charge in [0, 0.05) is 19.2 Å². The smallest absolute Gasteiger partial charge is 0.125 e. The van der Waals surface area contributed by atoms with Gasteiger partial charge in [-0.15, -0.1) is 0 Å². The van der Waals surface area contributed by atoms with Crippen molar-refractivity contribution in [2.24, 2.45) is 0 Å². The van der Waals surface area contributed by atoms with Crippen LogP contribution in [0.25, 0.3) is 0 Å². The largest absolute Gasteiger partial charge is 0.465 e. The molecule has 0 bridgehead atoms. The highest BCUT2D eigenvalue weighted by molar-refractivity contribution is 5.07. The Morgan fingerprint density at radius 1 is 1.18 bits per heavy atom. The molecule has 0 aromatic carbocycles. The maximum absolute atomic E-state index is 5.60. The van der Waals surface area contributed by atoms with Crippen molar-refractivity contribution in [1.82, 2.24) is 15.3 Å². The fourth-order valence-corrected chi connectivity index (χ4v) is 1.62. The van der Waals surface area contributed by atoms with E-state index in [1.807, 2.05) is 25.1 Å². The number of aryl methyl sites for hydroxylation is 2. The summed E-state index contributed by atoms with van der Waals surface area (Å²) in [6.45, 7) is 5.43. The van der Waals surface area contributed by atoms with Gasteiger partial charge in [0.15, 0.2) is 0 Å². The molecule has 2 aromatic rings. The third-order valence-corrected chi connectivity index (χ3v) is 2.50. The Kier molecular flexibility index (Phi) is 3.88. The van der Waals surface area contributed by atoms with Crippen LogP contribution >= 0.6 is 0 Å². The zero-order chi connectivity index (χ0) is 12.1. The Bertz CT molecular complexity index is 479. The molecule has 90 valence electrons. The maximum atomic E-state index is 5.60. The van der Waals surface area contributed by atoms with Gasteiger partial charge in [-0.2, -0.15) is 0 Å². The van der Waals surface area contributed by atoms with Crippen LogP contribution in [0.1, 0.15) is 30.0 Å². The van der Waals surface area contributed by atoms with E-state index in [4.69, 9.17) is 4.42 Å². The van der Waals surface area contributed by atoms with E-state index < -0.39 is 0 Å². The summed E-state index contributed by atoms with van der Waals surface area (Å²) >= 11 is 0. The van der Waals surface area contributed by atoms with Gasteiger partial charge in [-0.25, -0.2) is 9.97 Å². The Morgan fingerprint density at radius 3 is 2.71 bits per heavy atom. The lowest BCUT2D eigenvalue weighted by Crippen LogP contribution is -2.13. The number of aromatic nitrogens is 2. The molecule has 0 aliphatic rings. The molecule has 0 atom stereocenters. The van der Waals surface area contributed by atoms with Crippen molar-refractivity contribution in [1.29, 1.82) is 0 Å². The van der Waals surface area contributed by atoms with E-state index in [-0.39, 0.29) is 0 Å². The highest BCUT2D eigenvalue weighted by Gasteiger charge is 2.00. The second-order valence-electron chi connectivity index (χ2n) is 3.92. The molecule has 0 radical (unpaired) electrons. The van der Waals surface area contributed by atoms with Crippen LogP contribution < -0.4 is 5.32 Å². The van der Waals surface area contributed by atoms with Crippen LogP contribution in [0.2, 0.25) is 0 Å². The van der Waals surface area contributed by atoms with Crippen LogP contribution in [-0.4, -0.2) is 9.97 Å². The summed E-state index contributed by atoms with van der Waals surface area (Å²) in [7, 11) is 0. The second-order valence-corrected chi connectivity index (χ2v) is 3.92. The summed E-state index contributed by atoms with van der Waals surface area (Å²) in [4.78, 5) is 8.38. The maximum Gasteiger partial charge on any atom is 0.125 e. The molecule has 0 spiro atoms. The topological polar surface area (TPSA) is 51.0 Å². The average molecular weight is 231 g/mol. The predicted octanol–water partition coefficient (Wildman–Crippen LogP) is 2.23. The molecule has 0 amide bonds. The summed E-state index contributed by atoms with van der Waals surface area (Å²) in [5, 5.41) is 3.30. The molecule has 4 heteroatoms. The van der Waals surface area contributed by atoms with E-state index in [1.165, 1.54) is 0 Å². The fourth-order valence-electron chi connectivity index (χ4n) is 1.62. The van der Waals surface area contributed by atoms with Crippen molar-refractivity contribution in [3.8, 4) is 0 Å². The zero-order valence-electron chi connectivity index (χ0n) is 10.2. The van der Waals surface area contributed by atoms with E-state index in [2.05, 4.69) is 22.2 Å². The van der Waals surface area contributed by atoms with E-state index >= 15 is 0 Å². The highest BCUT2D eigenvalue weighted by atomic mass is 16.3. The first-order valence-corrected chi connectivity index (χ1v) is 5.84. The van der Waals surface area contributed by atoms with Gasteiger partial charge in [0.1, 0.15) is 17.3 Å². The Hall–Kier alpha value is -1.68. The predicted molar refractivity (Wildman–Crippen MR) is 65.4 cm³/mol. The number of hydrogen-bond donors (Lipinski definition) is 1. The zero-order valence-corrected chi connectivity index (χ0v) is 10.2. The molecule has 0 unspecified atom stereocenters. The first-order valence-electron chi connectivity index (χ1n) is 5.84. The van der Waals surface area contributed by atoms with Gasteiger partial charge in [0.05, 0.1) is 12.2 Å². The van der Waals surface area contributed by atoms with Gasteiger partial charge < -0.3 is 9.73 Å². The fraction of sp³-hybridized carbons (Fsp3) is 0.385. The molecular weight excluding hydrogens is 214 g/mol. The van der Waals surface area contributed by atoms with Crippen LogP contribution in [0.4, 0.5) is 0 Å². The van der Waals surface area contributed by atoms with Crippen molar-refractivity contribution in [3.63, 3.8) is 0 Å². The third kappa shape index (κ3) is 3.39. The van der Waals surface area contributed by atoms with Gasteiger partial charge in [-0.05, 0) is 25.1 Å². The molecule has 2 rings (SSSR count). The normalized spacial score (nSPS) is 10.7. The molecule has 17 heavy (non-hydrogen) atoms. The molecule has 0 saturated carbocycles. The molecule has 0 fully saturated rings. The number of rotatable bonds is 5. The lowest BCUT2D eigenvalue weighted by atomic mass is 10.3. The first-order chi connectivity index (χ1) is 8.28. The summed E-state index contributed by atoms with van der Waals surface area (Å²) in [5.74, 6) is 2.79. The minimum Gasteiger partial charge on any atom is -0.465 e. The van der Waals surface area contributed by atoms with Gasteiger partial charge in [0.2, 0.25) is 0 Å². The standard InChI is InChI=1S/C13H17N3O/c1-3-12-4-5-13(17-12)9-14-8-11-6-7-15-10(2)16-11/h4-7,14H,3,8-9H2,1-2H3. The SMILES string of the molecule is CCc1ccc(CNCc2ccnc(C)n2)o1. The second kappa shape index (κ2) is 5.59. The van der Waals surface area contributed by atoms with E-state index in [9.17, 15) is 0 Å². The Morgan fingerprint density at radius 2 is 2.00 bits per heavy atom. The van der Waals surface area contributed by atoms with Crippen LogP contribution in [-0.2, 0) is 19.5 Å². The third-order valence-electron chi connectivity index (χ3n) is 2.50. The minimum absolute atomic E-state index is 0.725. The molecule has 2 heterocycles. The molecule has 4 nitrogen and oxygen atoms in total. The van der Waals surface area contributed by atoms with E-state index in [0.717, 1.165) is 42.5 Å². The van der Waals surface area contributed by atoms with Gasteiger partial charge >= 0.3 is 0 Å². The minimum atomic E-state index is 0.725. The van der Waals surface area contributed by atoms with Gasteiger partial charge in [-0.1, -0.05) is 6.92 Å². The lowest BCUT2D eigenvalue weighted by Gasteiger charge is -2.02. The highest BCUT2D eigenvalue weighted by Crippen LogP contribution is 2.08. The Balaban J connectivity index is 1.83. The number of hydrogen-bond acceptors (Lipinski definition) is 4. The Labute approximate surface area is 101 Å². The van der Waals surface area contributed by atoms with Crippen molar-refractivity contribution in [3.05, 3.63) is 47.4 Å². The number of nitrogens with one attached hydrogen (secondary N) is 1. The number of furan rings is 1. The lowest BCUT2D eigenvalue weighted by molar-refractivity contribution is 0.449. The first kappa shape index (κ1) is 11.8. The van der Waals surface area contributed by atoms with E-state index in [1.54, 1.807) is 6.20 Å².